The van der Waals surface area contributed by atoms with Crippen molar-refractivity contribution in [2.75, 3.05) is 0 Å². The second-order valence-corrected chi connectivity index (χ2v) is 3.48. The Kier molecular flexibility index (Phi) is 2.59. The van der Waals surface area contributed by atoms with Crippen molar-refractivity contribution in [1.82, 2.24) is 9.78 Å². The lowest BCUT2D eigenvalue weighted by atomic mass is 10.1. The van der Waals surface area contributed by atoms with Crippen LogP contribution < -0.4 is 0 Å². The Hall–Kier alpha value is -1.22. The summed E-state index contributed by atoms with van der Waals surface area (Å²) < 4.78 is 1.87. The highest BCUT2D eigenvalue weighted by Gasteiger charge is 2.04. The van der Waals surface area contributed by atoms with Gasteiger partial charge in [0, 0.05) is 24.1 Å². The van der Waals surface area contributed by atoms with Crippen LogP contribution in [0.15, 0.2) is 36.4 Å². The van der Waals surface area contributed by atoms with Gasteiger partial charge in [-0.3, -0.25) is 4.68 Å². The van der Waals surface area contributed by atoms with Crippen LogP contribution in [0.25, 0.3) is 11.3 Å². The standard InChI is InChI=1S/C11H12N2S/c1-13-10(8-14)7-11(12-13)9-5-3-2-4-6-9/h2-7,14H,8H2,1H3. The number of hydrogen-bond donors (Lipinski definition) is 1. The summed E-state index contributed by atoms with van der Waals surface area (Å²) in [5, 5.41) is 4.42. The van der Waals surface area contributed by atoms with Gasteiger partial charge in [0.2, 0.25) is 0 Å². The Morgan fingerprint density at radius 3 is 2.57 bits per heavy atom. The molecule has 72 valence electrons. The highest BCUT2D eigenvalue weighted by atomic mass is 32.1. The number of benzene rings is 1. The van der Waals surface area contributed by atoms with Crippen LogP contribution in [0.5, 0.6) is 0 Å². The van der Waals surface area contributed by atoms with Crippen molar-refractivity contribution in [3.8, 4) is 11.3 Å². The quantitative estimate of drug-likeness (QED) is 0.744. The van der Waals surface area contributed by atoms with E-state index in [-0.39, 0.29) is 0 Å². The zero-order valence-electron chi connectivity index (χ0n) is 8.01. The van der Waals surface area contributed by atoms with E-state index in [4.69, 9.17) is 0 Å². The molecular weight excluding hydrogens is 192 g/mol. The monoisotopic (exact) mass is 204 g/mol. The Morgan fingerprint density at radius 1 is 1.29 bits per heavy atom. The summed E-state index contributed by atoms with van der Waals surface area (Å²) in [6.45, 7) is 0. The van der Waals surface area contributed by atoms with E-state index in [1.165, 1.54) is 0 Å². The summed E-state index contributed by atoms with van der Waals surface area (Å²) in [5.41, 5.74) is 3.29. The minimum Gasteiger partial charge on any atom is -0.271 e. The van der Waals surface area contributed by atoms with Crippen LogP contribution >= 0.6 is 12.6 Å². The molecule has 0 fully saturated rings. The molecule has 1 aromatic heterocycles. The van der Waals surface area contributed by atoms with Crippen molar-refractivity contribution < 1.29 is 0 Å². The number of aryl methyl sites for hydroxylation is 1. The molecule has 0 amide bonds. The molecule has 0 radical (unpaired) electrons. The molecule has 0 bridgehead atoms. The van der Waals surface area contributed by atoms with Gasteiger partial charge in [-0.2, -0.15) is 17.7 Å². The lowest BCUT2D eigenvalue weighted by molar-refractivity contribution is 0.739. The normalized spacial score (nSPS) is 10.4. The van der Waals surface area contributed by atoms with Crippen LogP contribution in [0.2, 0.25) is 0 Å². The lowest BCUT2D eigenvalue weighted by Gasteiger charge is -1.94. The highest BCUT2D eigenvalue weighted by molar-refractivity contribution is 7.79. The maximum atomic E-state index is 4.42. The fourth-order valence-electron chi connectivity index (χ4n) is 1.40. The van der Waals surface area contributed by atoms with Gasteiger partial charge >= 0.3 is 0 Å². The van der Waals surface area contributed by atoms with Gasteiger partial charge in [-0.15, -0.1) is 0 Å². The van der Waals surface area contributed by atoms with Gasteiger partial charge in [0.1, 0.15) is 0 Å². The molecule has 0 saturated heterocycles. The number of aromatic nitrogens is 2. The van der Waals surface area contributed by atoms with Gasteiger partial charge in [-0.05, 0) is 6.07 Å². The van der Waals surface area contributed by atoms with E-state index >= 15 is 0 Å². The molecule has 0 aliphatic heterocycles. The third-order valence-electron chi connectivity index (χ3n) is 2.21. The number of rotatable bonds is 2. The molecule has 0 unspecified atom stereocenters. The fraction of sp³-hybridized carbons (Fsp3) is 0.182. The van der Waals surface area contributed by atoms with Crippen molar-refractivity contribution in [2.24, 2.45) is 7.05 Å². The topological polar surface area (TPSA) is 17.8 Å². The molecule has 2 aromatic rings. The van der Waals surface area contributed by atoms with E-state index in [0.29, 0.717) is 0 Å². The third kappa shape index (κ3) is 1.68. The third-order valence-corrected chi connectivity index (χ3v) is 2.53. The van der Waals surface area contributed by atoms with Gasteiger partial charge in [0.25, 0.3) is 0 Å². The van der Waals surface area contributed by atoms with Crippen molar-refractivity contribution >= 4 is 12.6 Å². The maximum Gasteiger partial charge on any atom is 0.0926 e. The number of hydrogen-bond acceptors (Lipinski definition) is 2. The molecular formula is C11H12N2S. The summed E-state index contributed by atoms with van der Waals surface area (Å²) in [7, 11) is 1.94. The highest BCUT2D eigenvalue weighted by Crippen LogP contribution is 2.18. The predicted octanol–water partition coefficient (Wildman–Crippen LogP) is 2.52. The van der Waals surface area contributed by atoms with Crippen LogP contribution in [-0.2, 0) is 12.8 Å². The second kappa shape index (κ2) is 3.88. The molecule has 0 aliphatic carbocycles. The number of nitrogens with zero attached hydrogens (tertiary/aromatic N) is 2. The Labute approximate surface area is 89.0 Å². The minimum atomic E-state index is 0.719. The molecule has 3 heteroatoms. The average Bonchev–Trinajstić information content (AvgIpc) is 2.61. The van der Waals surface area contributed by atoms with Crippen molar-refractivity contribution in [3.05, 3.63) is 42.1 Å². The van der Waals surface area contributed by atoms with Gasteiger partial charge in [-0.1, -0.05) is 30.3 Å². The van der Waals surface area contributed by atoms with Crippen molar-refractivity contribution in [3.63, 3.8) is 0 Å². The first-order valence-electron chi connectivity index (χ1n) is 4.50. The van der Waals surface area contributed by atoms with Crippen LogP contribution in [0.1, 0.15) is 5.69 Å². The van der Waals surface area contributed by atoms with Gasteiger partial charge in [0.15, 0.2) is 0 Å². The van der Waals surface area contributed by atoms with Crippen LogP contribution in [0, 0.1) is 0 Å². The summed E-state index contributed by atoms with van der Waals surface area (Å²) >= 11 is 4.24. The van der Waals surface area contributed by atoms with Crippen LogP contribution in [0.4, 0.5) is 0 Å². The molecule has 2 nitrogen and oxygen atoms in total. The molecule has 0 aliphatic rings. The van der Waals surface area contributed by atoms with E-state index < -0.39 is 0 Å². The Balaban J connectivity index is 2.43. The zero-order chi connectivity index (χ0) is 9.97. The van der Waals surface area contributed by atoms with E-state index in [1.807, 2.05) is 29.9 Å². The Bertz CT molecular complexity index is 420. The molecule has 0 saturated carbocycles. The summed E-state index contributed by atoms with van der Waals surface area (Å²) in [6.07, 6.45) is 0. The summed E-state index contributed by atoms with van der Waals surface area (Å²) in [4.78, 5) is 0. The second-order valence-electron chi connectivity index (χ2n) is 3.17. The van der Waals surface area contributed by atoms with Crippen molar-refractivity contribution in [2.45, 2.75) is 5.75 Å². The molecule has 0 atom stereocenters. The largest absolute Gasteiger partial charge is 0.271 e. The first-order chi connectivity index (χ1) is 6.81. The van der Waals surface area contributed by atoms with Crippen LogP contribution in [0.3, 0.4) is 0 Å². The first kappa shape index (κ1) is 9.34. The number of thiol groups is 1. The van der Waals surface area contributed by atoms with Crippen molar-refractivity contribution in [1.29, 1.82) is 0 Å². The smallest absolute Gasteiger partial charge is 0.0926 e. The first-order valence-corrected chi connectivity index (χ1v) is 5.13. The summed E-state index contributed by atoms with van der Waals surface area (Å²) in [5.74, 6) is 0.719. The zero-order valence-corrected chi connectivity index (χ0v) is 8.91. The van der Waals surface area contributed by atoms with Crippen LogP contribution in [-0.4, -0.2) is 9.78 Å². The minimum absolute atomic E-state index is 0.719. The molecule has 1 aromatic carbocycles. The van der Waals surface area contributed by atoms with E-state index in [1.54, 1.807) is 0 Å². The molecule has 0 N–H and O–H groups in total. The maximum absolute atomic E-state index is 4.42. The fourth-order valence-corrected chi connectivity index (χ4v) is 1.70. The van der Waals surface area contributed by atoms with Gasteiger partial charge in [0.05, 0.1) is 5.69 Å². The molecule has 1 heterocycles. The lowest BCUT2D eigenvalue weighted by Crippen LogP contribution is -1.94. The van der Waals surface area contributed by atoms with E-state index in [2.05, 4.69) is 35.9 Å². The Morgan fingerprint density at radius 2 is 2.00 bits per heavy atom. The molecule has 2 rings (SSSR count). The SMILES string of the molecule is Cn1nc(-c2ccccc2)cc1CS. The van der Waals surface area contributed by atoms with Gasteiger partial charge in [-0.25, -0.2) is 0 Å². The van der Waals surface area contributed by atoms with Gasteiger partial charge < -0.3 is 0 Å². The van der Waals surface area contributed by atoms with E-state index in [9.17, 15) is 0 Å². The summed E-state index contributed by atoms with van der Waals surface area (Å²) in [6, 6.07) is 12.2. The average molecular weight is 204 g/mol. The molecule has 14 heavy (non-hydrogen) atoms. The predicted molar refractivity (Wildman–Crippen MR) is 61.3 cm³/mol. The van der Waals surface area contributed by atoms with E-state index in [0.717, 1.165) is 22.7 Å². The molecule has 0 spiro atoms.